The molecule has 0 unspecified atom stereocenters. The molecule has 25 heavy (non-hydrogen) atoms. The van der Waals surface area contributed by atoms with Gasteiger partial charge >= 0.3 is 0 Å². The Morgan fingerprint density at radius 2 is 2.20 bits per heavy atom. The quantitative estimate of drug-likeness (QED) is 0.818. The van der Waals surface area contributed by atoms with Gasteiger partial charge in [-0.25, -0.2) is 4.98 Å². The first kappa shape index (κ1) is 17.6. The van der Waals surface area contributed by atoms with Gasteiger partial charge in [-0.15, -0.1) is 0 Å². The molecule has 3 rings (SSSR count). The highest BCUT2D eigenvalue weighted by molar-refractivity contribution is 5.76. The molecule has 1 aliphatic heterocycles. The van der Waals surface area contributed by atoms with Crippen LogP contribution in [-0.4, -0.2) is 62.1 Å². The summed E-state index contributed by atoms with van der Waals surface area (Å²) in [7, 11) is 2.02. The second-order valence-corrected chi connectivity index (χ2v) is 6.90. The number of hydrogen-bond acceptors (Lipinski definition) is 6. The SMILES string of the molecule is Cc1noc([C@H]2CN(C(=O)CCn3ccnc3C(C)C)CCN2C)n1. The van der Waals surface area contributed by atoms with Crippen LogP contribution in [0.3, 0.4) is 0 Å². The molecule has 2 aromatic rings. The normalized spacial score (nSPS) is 18.9. The summed E-state index contributed by atoms with van der Waals surface area (Å²) in [5.74, 6) is 2.71. The summed E-state index contributed by atoms with van der Waals surface area (Å²) in [5.41, 5.74) is 0. The van der Waals surface area contributed by atoms with E-state index in [2.05, 4.69) is 38.4 Å². The molecular formula is C17H26N6O2. The molecular weight excluding hydrogens is 320 g/mol. The van der Waals surface area contributed by atoms with Gasteiger partial charge in [0.05, 0.1) is 0 Å². The van der Waals surface area contributed by atoms with Crippen molar-refractivity contribution in [2.75, 3.05) is 26.7 Å². The van der Waals surface area contributed by atoms with E-state index in [1.807, 2.05) is 18.1 Å². The van der Waals surface area contributed by atoms with Gasteiger partial charge in [0.2, 0.25) is 11.8 Å². The van der Waals surface area contributed by atoms with Gasteiger partial charge in [0, 0.05) is 50.9 Å². The van der Waals surface area contributed by atoms with Crippen molar-refractivity contribution < 1.29 is 9.32 Å². The number of aryl methyl sites for hydroxylation is 2. The molecule has 1 aliphatic rings. The molecule has 136 valence electrons. The Balaban J connectivity index is 1.61. The van der Waals surface area contributed by atoms with Gasteiger partial charge in [-0.05, 0) is 14.0 Å². The molecule has 1 atom stereocenters. The number of nitrogens with zero attached hydrogens (tertiary/aromatic N) is 6. The fourth-order valence-corrected chi connectivity index (χ4v) is 3.20. The van der Waals surface area contributed by atoms with Crippen LogP contribution in [0.4, 0.5) is 0 Å². The van der Waals surface area contributed by atoms with Crippen LogP contribution in [-0.2, 0) is 11.3 Å². The molecule has 0 aromatic carbocycles. The zero-order valence-electron chi connectivity index (χ0n) is 15.3. The Hall–Kier alpha value is -2.22. The molecule has 0 saturated carbocycles. The van der Waals surface area contributed by atoms with Crippen LogP contribution in [0, 0.1) is 6.92 Å². The van der Waals surface area contributed by atoms with Crippen LogP contribution in [0.5, 0.6) is 0 Å². The Morgan fingerprint density at radius 1 is 1.40 bits per heavy atom. The van der Waals surface area contributed by atoms with Crippen LogP contribution in [0.15, 0.2) is 16.9 Å². The molecule has 0 radical (unpaired) electrons. The summed E-state index contributed by atoms with van der Waals surface area (Å²) in [4.78, 5) is 25.4. The van der Waals surface area contributed by atoms with E-state index in [9.17, 15) is 4.79 Å². The summed E-state index contributed by atoms with van der Waals surface area (Å²) < 4.78 is 7.38. The molecule has 8 nitrogen and oxygen atoms in total. The van der Waals surface area contributed by atoms with Crippen LogP contribution in [0.1, 0.15) is 49.8 Å². The second-order valence-electron chi connectivity index (χ2n) is 6.90. The van der Waals surface area contributed by atoms with E-state index < -0.39 is 0 Å². The fraction of sp³-hybridized carbons (Fsp3) is 0.647. The summed E-state index contributed by atoms with van der Waals surface area (Å²) in [6, 6.07) is -0.0432. The van der Waals surface area contributed by atoms with Gasteiger partial charge in [0.25, 0.3) is 0 Å². The predicted molar refractivity (Wildman–Crippen MR) is 91.9 cm³/mol. The Labute approximate surface area is 147 Å². The highest BCUT2D eigenvalue weighted by Gasteiger charge is 2.31. The van der Waals surface area contributed by atoms with Crippen molar-refractivity contribution in [3.05, 3.63) is 29.9 Å². The van der Waals surface area contributed by atoms with E-state index in [-0.39, 0.29) is 11.9 Å². The van der Waals surface area contributed by atoms with Crippen molar-refractivity contribution in [1.29, 1.82) is 0 Å². The number of carbonyl (C=O) groups is 1. The second kappa shape index (κ2) is 7.35. The minimum Gasteiger partial charge on any atom is -0.339 e. The molecule has 3 heterocycles. The standard InChI is InChI=1S/C17H26N6O2/c1-12(2)16-18-6-8-22(16)7-5-15(24)23-10-9-21(4)14(11-23)17-19-13(3)20-25-17/h6,8,12,14H,5,7,9-11H2,1-4H3/t14-/m1/s1. The number of aromatic nitrogens is 4. The molecule has 8 heteroatoms. The lowest BCUT2D eigenvalue weighted by Gasteiger charge is -2.37. The Morgan fingerprint density at radius 3 is 2.88 bits per heavy atom. The highest BCUT2D eigenvalue weighted by atomic mass is 16.5. The minimum atomic E-state index is -0.0432. The average Bonchev–Trinajstić information content (AvgIpc) is 3.22. The van der Waals surface area contributed by atoms with Gasteiger partial charge in [-0.3, -0.25) is 9.69 Å². The van der Waals surface area contributed by atoms with Gasteiger partial charge in [-0.2, -0.15) is 4.98 Å². The van der Waals surface area contributed by atoms with E-state index >= 15 is 0 Å². The molecule has 0 N–H and O–H groups in total. The van der Waals surface area contributed by atoms with E-state index in [0.717, 1.165) is 18.9 Å². The van der Waals surface area contributed by atoms with Crippen molar-refractivity contribution >= 4 is 5.91 Å². The molecule has 0 aliphatic carbocycles. The number of likely N-dealkylation sites (N-methyl/N-ethyl adjacent to an activating group) is 1. The summed E-state index contributed by atoms with van der Waals surface area (Å²) in [5, 5.41) is 3.87. The van der Waals surface area contributed by atoms with Crippen LogP contribution < -0.4 is 0 Å². The zero-order valence-corrected chi connectivity index (χ0v) is 15.3. The van der Waals surface area contributed by atoms with Crippen LogP contribution in [0.2, 0.25) is 0 Å². The van der Waals surface area contributed by atoms with E-state index in [0.29, 0.717) is 37.1 Å². The number of carbonyl (C=O) groups excluding carboxylic acids is 1. The van der Waals surface area contributed by atoms with Gasteiger partial charge < -0.3 is 14.0 Å². The monoisotopic (exact) mass is 346 g/mol. The van der Waals surface area contributed by atoms with Crippen LogP contribution in [0.25, 0.3) is 0 Å². The average molecular weight is 346 g/mol. The molecule has 1 fully saturated rings. The number of piperazine rings is 1. The fourth-order valence-electron chi connectivity index (χ4n) is 3.20. The smallest absolute Gasteiger partial charge is 0.245 e. The topological polar surface area (TPSA) is 80.3 Å². The molecule has 1 saturated heterocycles. The van der Waals surface area contributed by atoms with E-state index in [4.69, 9.17) is 4.52 Å². The van der Waals surface area contributed by atoms with Gasteiger partial charge in [-0.1, -0.05) is 19.0 Å². The third-order valence-electron chi connectivity index (χ3n) is 4.66. The maximum Gasteiger partial charge on any atom is 0.245 e. The first-order valence-corrected chi connectivity index (χ1v) is 8.75. The van der Waals surface area contributed by atoms with E-state index in [1.165, 1.54) is 0 Å². The summed E-state index contributed by atoms with van der Waals surface area (Å²) in [6.45, 7) is 8.77. The maximum absolute atomic E-state index is 12.7. The number of amides is 1. The van der Waals surface area contributed by atoms with Crippen LogP contribution >= 0.6 is 0 Å². The Bertz CT molecular complexity index is 722. The minimum absolute atomic E-state index is 0.0432. The summed E-state index contributed by atoms with van der Waals surface area (Å²) in [6.07, 6.45) is 4.20. The lowest BCUT2D eigenvalue weighted by Crippen LogP contribution is -2.49. The van der Waals surface area contributed by atoms with Crippen molar-refractivity contribution in [1.82, 2.24) is 29.5 Å². The first-order valence-electron chi connectivity index (χ1n) is 8.75. The summed E-state index contributed by atoms with van der Waals surface area (Å²) >= 11 is 0. The maximum atomic E-state index is 12.7. The van der Waals surface area contributed by atoms with Gasteiger partial charge in [0.1, 0.15) is 11.9 Å². The molecule has 0 spiro atoms. The van der Waals surface area contributed by atoms with Crippen molar-refractivity contribution in [3.8, 4) is 0 Å². The molecule has 1 amide bonds. The van der Waals surface area contributed by atoms with Crippen molar-refractivity contribution in [3.63, 3.8) is 0 Å². The third-order valence-corrected chi connectivity index (χ3v) is 4.66. The predicted octanol–water partition coefficient (Wildman–Crippen LogP) is 1.60. The van der Waals surface area contributed by atoms with Crippen molar-refractivity contribution in [2.24, 2.45) is 0 Å². The van der Waals surface area contributed by atoms with Crippen molar-refractivity contribution in [2.45, 2.75) is 45.7 Å². The highest BCUT2D eigenvalue weighted by Crippen LogP contribution is 2.23. The lowest BCUT2D eigenvalue weighted by molar-refractivity contribution is -0.134. The molecule has 2 aromatic heterocycles. The number of hydrogen-bond donors (Lipinski definition) is 0. The first-order chi connectivity index (χ1) is 12.0. The third kappa shape index (κ3) is 3.89. The van der Waals surface area contributed by atoms with Gasteiger partial charge in [0.15, 0.2) is 5.82 Å². The number of rotatable bonds is 5. The lowest BCUT2D eigenvalue weighted by atomic mass is 10.1. The van der Waals surface area contributed by atoms with E-state index in [1.54, 1.807) is 13.1 Å². The zero-order chi connectivity index (χ0) is 18.0. The number of imidazole rings is 1. The largest absolute Gasteiger partial charge is 0.339 e. The molecule has 0 bridgehead atoms. The Kier molecular flexibility index (Phi) is 5.17.